The predicted octanol–water partition coefficient (Wildman–Crippen LogP) is 3.67. The first-order chi connectivity index (χ1) is 16.0. The standard InChI is InChI=1S/C24H26N2O6S/c1-3-12-31-23(28)25-15-33-14-21(22(27)30-2)26-24(29)32-13-20-18-10-6-4-8-16(18)17-9-5-7-11-19(17)20/h3-11,20-21H,1,12-15H2,2H3,(H,25,28)(H,26,29)/t21-/m0/s1. The Kier molecular flexibility index (Phi) is 8.77. The third-order valence-electron chi connectivity index (χ3n) is 5.06. The van der Waals surface area contributed by atoms with E-state index in [1.807, 2.05) is 36.4 Å². The minimum atomic E-state index is -0.929. The highest BCUT2D eigenvalue weighted by Gasteiger charge is 2.30. The number of rotatable bonds is 10. The second kappa shape index (κ2) is 12.0. The van der Waals surface area contributed by atoms with Crippen molar-refractivity contribution >= 4 is 29.9 Å². The Balaban J connectivity index is 1.53. The lowest BCUT2D eigenvalue weighted by molar-refractivity contribution is -0.142. The molecular formula is C24H26N2O6S. The largest absolute Gasteiger partial charge is 0.467 e. The van der Waals surface area contributed by atoms with Gasteiger partial charge in [-0.2, -0.15) is 0 Å². The highest BCUT2D eigenvalue weighted by molar-refractivity contribution is 7.99. The number of benzene rings is 2. The number of hydrogen-bond donors (Lipinski definition) is 2. The molecule has 0 saturated heterocycles. The van der Waals surface area contributed by atoms with Crippen LogP contribution in [0.1, 0.15) is 17.0 Å². The van der Waals surface area contributed by atoms with Crippen molar-refractivity contribution in [1.82, 2.24) is 10.6 Å². The van der Waals surface area contributed by atoms with Crippen molar-refractivity contribution in [3.63, 3.8) is 0 Å². The number of thioether (sulfide) groups is 1. The monoisotopic (exact) mass is 470 g/mol. The van der Waals surface area contributed by atoms with Gasteiger partial charge in [0.25, 0.3) is 0 Å². The third kappa shape index (κ3) is 6.29. The van der Waals surface area contributed by atoms with Gasteiger partial charge < -0.3 is 24.8 Å². The fourth-order valence-electron chi connectivity index (χ4n) is 3.57. The Hall–Kier alpha value is -3.46. The molecule has 1 atom stereocenters. The molecule has 0 aliphatic heterocycles. The van der Waals surface area contributed by atoms with Gasteiger partial charge in [-0.3, -0.25) is 0 Å². The number of carbonyl (C=O) groups is 3. The molecule has 2 aromatic rings. The van der Waals surface area contributed by atoms with Crippen molar-refractivity contribution in [3.05, 3.63) is 72.3 Å². The molecule has 0 radical (unpaired) electrons. The Bertz CT molecular complexity index is 966. The fourth-order valence-corrected chi connectivity index (χ4v) is 4.36. The van der Waals surface area contributed by atoms with Gasteiger partial charge >= 0.3 is 18.2 Å². The van der Waals surface area contributed by atoms with E-state index in [1.54, 1.807) is 0 Å². The highest BCUT2D eigenvalue weighted by Crippen LogP contribution is 2.44. The lowest BCUT2D eigenvalue weighted by Gasteiger charge is -2.18. The maximum atomic E-state index is 12.5. The maximum Gasteiger partial charge on any atom is 0.408 e. The van der Waals surface area contributed by atoms with Crippen molar-refractivity contribution in [3.8, 4) is 11.1 Å². The molecule has 8 nitrogen and oxygen atoms in total. The first-order valence-corrected chi connectivity index (χ1v) is 11.5. The van der Waals surface area contributed by atoms with E-state index in [4.69, 9.17) is 14.2 Å². The molecule has 33 heavy (non-hydrogen) atoms. The molecule has 9 heteroatoms. The van der Waals surface area contributed by atoms with Gasteiger partial charge in [-0.25, -0.2) is 14.4 Å². The highest BCUT2D eigenvalue weighted by atomic mass is 32.2. The number of carbonyl (C=O) groups excluding carboxylic acids is 3. The van der Waals surface area contributed by atoms with Crippen molar-refractivity contribution in [1.29, 1.82) is 0 Å². The number of amides is 2. The number of fused-ring (bicyclic) bond motifs is 3. The SMILES string of the molecule is C=CCOC(=O)NCSC[C@H](NC(=O)OCC1c2ccccc2-c2ccccc21)C(=O)OC. The Morgan fingerprint density at radius 1 is 1.03 bits per heavy atom. The number of nitrogens with one attached hydrogen (secondary N) is 2. The minimum absolute atomic E-state index is 0.0834. The summed E-state index contributed by atoms with van der Waals surface area (Å²) in [6, 6.07) is 15.1. The van der Waals surface area contributed by atoms with Gasteiger partial charge in [-0.05, 0) is 22.3 Å². The van der Waals surface area contributed by atoms with E-state index in [9.17, 15) is 14.4 Å². The molecule has 2 aromatic carbocycles. The number of hydrogen-bond acceptors (Lipinski definition) is 7. The van der Waals surface area contributed by atoms with Crippen LogP contribution in [0.3, 0.4) is 0 Å². The predicted molar refractivity (Wildman–Crippen MR) is 126 cm³/mol. The van der Waals surface area contributed by atoms with Crippen LogP contribution < -0.4 is 10.6 Å². The summed E-state index contributed by atoms with van der Waals surface area (Å²) in [7, 11) is 1.24. The molecule has 0 fully saturated rings. The summed E-state index contributed by atoms with van der Waals surface area (Å²) < 4.78 is 15.1. The van der Waals surface area contributed by atoms with Crippen LogP contribution in [-0.4, -0.2) is 56.2 Å². The molecule has 2 N–H and O–H groups in total. The number of ether oxygens (including phenoxy) is 3. The van der Waals surface area contributed by atoms with E-state index in [-0.39, 0.29) is 30.8 Å². The lowest BCUT2D eigenvalue weighted by atomic mass is 9.98. The number of methoxy groups -OCH3 is 1. The summed E-state index contributed by atoms with van der Waals surface area (Å²) in [6.45, 7) is 3.70. The first kappa shape index (κ1) is 24.2. The molecule has 174 valence electrons. The summed E-state index contributed by atoms with van der Waals surface area (Å²) in [4.78, 5) is 36.0. The van der Waals surface area contributed by atoms with E-state index in [2.05, 4.69) is 29.3 Å². The molecule has 0 bridgehead atoms. The average Bonchev–Trinajstić information content (AvgIpc) is 3.16. The van der Waals surface area contributed by atoms with Crippen molar-refractivity contribution < 1.29 is 28.6 Å². The first-order valence-electron chi connectivity index (χ1n) is 10.3. The van der Waals surface area contributed by atoms with Crippen LogP contribution in [0, 0.1) is 0 Å². The van der Waals surface area contributed by atoms with Gasteiger partial charge in [-0.1, -0.05) is 61.2 Å². The molecule has 0 aromatic heterocycles. The zero-order valence-electron chi connectivity index (χ0n) is 18.2. The second-order valence-electron chi connectivity index (χ2n) is 7.12. The lowest BCUT2D eigenvalue weighted by Crippen LogP contribution is -2.44. The van der Waals surface area contributed by atoms with E-state index in [0.717, 1.165) is 22.3 Å². The molecule has 1 aliphatic rings. The van der Waals surface area contributed by atoms with Gasteiger partial charge in [0, 0.05) is 11.7 Å². The van der Waals surface area contributed by atoms with Crippen LogP contribution >= 0.6 is 11.8 Å². The van der Waals surface area contributed by atoms with E-state index >= 15 is 0 Å². The Labute approximate surface area is 196 Å². The zero-order chi connectivity index (χ0) is 23.6. The maximum absolute atomic E-state index is 12.5. The van der Waals surface area contributed by atoms with Gasteiger partial charge in [0.2, 0.25) is 0 Å². The van der Waals surface area contributed by atoms with Gasteiger partial charge in [0.1, 0.15) is 19.3 Å². The van der Waals surface area contributed by atoms with Gasteiger partial charge in [-0.15, -0.1) is 11.8 Å². The molecule has 0 heterocycles. The zero-order valence-corrected chi connectivity index (χ0v) is 19.1. The summed E-state index contributed by atoms with van der Waals surface area (Å²) >= 11 is 1.22. The van der Waals surface area contributed by atoms with Crippen LogP contribution in [0.15, 0.2) is 61.2 Å². The van der Waals surface area contributed by atoms with E-state index < -0.39 is 24.2 Å². The molecule has 3 rings (SSSR count). The molecule has 0 unspecified atom stereocenters. The average molecular weight is 471 g/mol. The second-order valence-corrected chi connectivity index (χ2v) is 8.15. The Morgan fingerprint density at radius 3 is 2.27 bits per heavy atom. The van der Waals surface area contributed by atoms with E-state index in [1.165, 1.54) is 24.9 Å². The summed E-state index contributed by atoms with van der Waals surface area (Å²) in [5, 5.41) is 5.07. The fraction of sp³-hybridized carbons (Fsp3) is 0.292. The number of alkyl carbamates (subject to hydrolysis) is 2. The van der Waals surface area contributed by atoms with Gasteiger partial charge in [0.05, 0.1) is 13.0 Å². The summed E-state index contributed by atoms with van der Waals surface area (Å²) in [5.41, 5.74) is 4.46. The molecular weight excluding hydrogens is 444 g/mol. The summed E-state index contributed by atoms with van der Waals surface area (Å²) in [6.07, 6.45) is 0.144. The normalized spacial score (nSPS) is 12.6. The van der Waals surface area contributed by atoms with Crippen LogP contribution in [0.4, 0.5) is 9.59 Å². The quantitative estimate of drug-likeness (QED) is 0.180. The molecule has 1 aliphatic carbocycles. The van der Waals surface area contributed by atoms with Crippen molar-refractivity contribution in [2.75, 3.05) is 32.0 Å². The van der Waals surface area contributed by atoms with E-state index in [0.29, 0.717) is 0 Å². The number of esters is 1. The van der Waals surface area contributed by atoms with Crippen LogP contribution in [0.2, 0.25) is 0 Å². The topological polar surface area (TPSA) is 103 Å². The van der Waals surface area contributed by atoms with Crippen molar-refractivity contribution in [2.24, 2.45) is 0 Å². The summed E-state index contributed by atoms with van der Waals surface area (Å²) in [5.74, 6) is -0.320. The van der Waals surface area contributed by atoms with Crippen LogP contribution in [0.5, 0.6) is 0 Å². The van der Waals surface area contributed by atoms with Gasteiger partial charge in [0.15, 0.2) is 0 Å². The van der Waals surface area contributed by atoms with Crippen molar-refractivity contribution in [2.45, 2.75) is 12.0 Å². The Morgan fingerprint density at radius 2 is 1.67 bits per heavy atom. The molecule has 0 spiro atoms. The molecule has 0 saturated carbocycles. The smallest absolute Gasteiger partial charge is 0.408 e. The van der Waals surface area contributed by atoms with Crippen LogP contribution in [0.25, 0.3) is 11.1 Å². The minimum Gasteiger partial charge on any atom is -0.467 e. The van der Waals surface area contributed by atoms with Crippen LogP contribution in [-0.2, 0) is 19.0 Å². The molecule has 2 amide bonds. The third-order valence-corrected chi connectivity index (χ3v) is 5.97.